The summed E-state index contributed by atoms with van der Waals surface area (Å²) in [6.07, 6.45) is 2.43. The number of carbonyl (C=O) groups excluding carboxylic acids is 3. The first-order valence-electron chi connectivity index (χ1n) is 6.43. The van der Waals surface area contributed by atoms with Crippen LogP contribution >= 0.6 is 0 Å². The number of hydrogen-bond acceptors (Lipinski definition) is 3. The normalized spacial score (nSPS) is 13.8. The maximum Gasteiger partial charge on any atom is 0.258 e. The van der Waals surface area contributed by atoms with Crippen LogP contribution in [0.5, 0.6) is 0 Å². The van der Waals surface area contributed by atoms with Crippen LogP contribution in [0.3, 0.4) is 0 Å². The lowest BCUT2D eigenvalue weighted by atomic mass is 10.0. The summed E-state index contributed by atoms with van der Waals surface area (Å²) in [5, 5.41) is 0. The van der Waals surface area contributed by atoms with Crippen molar-refractivity contribution in [2.75, 3.05) is 4.90 Å². The zero-order valence-corrected chi connectivity index (χ0v) is 11.0. The molecule has 2 amide bonds. The van der Waals surface area contributed by atoms with Gasteiger partial charge in [-0.05, 0) is 12.1 Å². The number of imide groups is 1. The van der Waals surface area contributed by atoms with E-state index >= 15 is 0 Å². The molecule has 0 saturated heterocycles. The van der Waals surface area contributed by atoms with Crippen LogP contribution in [0.4, 0.5) is 5.69 Å². The van der Waals surface area contributed by atoms with E-state index in [0.29, 0.717) is 16.8 Å². The Hall–Kier alpha value is -3.01. The molecule has 2 aromatic rings. The van der Waals surface area contributed by atoms with Gasteiger partial charge in [0.2, 0.25) is 0 Å². The van der Waals surface area contributed by atoms with Gasteiger partial charge >= 0.3 is 0 Å². The number of carbonyl (C=O) groups is 3. The third-order valence-corrected chi connectivity index (χ3v) is 3.21. The van der Waals surface area contributed by atoms with Crippen molar-refractivity contribution in [1.29, 1.82) is 0 Å². The highest BCUT2D eigenvalue weighted by molar-refractivity contribution is 6.28. The molecule has 102 valence electrons. The molecule has 4 heteroatoms. The quantitative estimate of drug-likeness (QED) is 0.639. The zero-order chi connectivity index (χ0) is 14.8. The van der Waals surface area contributed by atoms with Crippen molar-refractivity contribution in [2.24, 2.45) is 0 Å². The molecule has 0 saturated carbocycles. The van der Waals surface area contributed by atoms with E-state index in [9.17, 15) is 14.4 Å². The molecule has 1 heterocycles. The van der Waals surface area contributed by atoms with Crippen LogP contribution in [0, 0.1) is 0 Å². The van der Waals surface area contributed by atoms with Crippen molar-refractivity contribution in [3.05, 3.63) is 77.9 Å². The summed E-state index contributed by atoms with van der Waals surface area (Å²) in [5.74, 6) is -0.946. The van der Waals surface area contributed by atoms with Crippen molar-refractivity contribution < 1.29 is 14.4 Å². The van der Waals surface area contributed by atoms with Crippen LogP contribution in [0.15, 0.2) is 66.7 Å². The smallest absolute Gasteiger partial charge is 0.258 e. The maximum atomic E-state index is 12.4. The second-order valence-corrected chi connectivity index (χ2v) is 4.59. The Labute approximate surface area is 121 Å². The average molecular weight is 277 g/mol. The number of ketones is 1. The molecule has 2 aromatic carbocycles. The van der Waals surface area contributed by atoms with E-state index in [1.807, 2.05) is 6.07 Å². The third kappa shape index (κ3) is 2.39. The fourth-order valence-corrected chi connectivity index (χ4v) is 2.20. The number of rotatable bonds is 3. The summed E-state index contributed by atoms with van der Waals surface area (Å²) in [6, 6.07) is 15.4. The Morgan fingerprint density at radius 3 is 2.05 bits per heavy atom. The molecule has 0 spiro atoms. The van der Waals surface area contributed by atoms with Crippen molar-refractivity contribution in [3.8, 4) is 0 Å². The molecule has 1 aliphatic rings. The Bertz CT molecular complexity index is 745. The van der Waals surface area contributed by atoms with E-state index in [0.717, 1.165) is 4.90 Å². The SMILES string of the molecule is O=C(c1ccccc1)c1cccc(N2C(=O)C=CC2=O)c1. The van der Waals surface area contributed by atoms with Crippen LogP contribution in [-0.2, 0) is 9.59 Å². The van der Waals surface area contributed by atoms with Crippen LogP contribution < -0.4 is 4.90 Å². The second kappa shape index (κ2) is 5.17. The van der Waals surface area contributed by atoms with Gasteiger partial charge in [0, 0.05) is 23.3 Å². The molecule has 0 aromatic heterocycles. The van der Waals surface area contributed by atoms with Crippen LogP contribution in [0.25, 0.3) is 0 Å². The third-order valence-electron chi connectivity index (χ3n) is 3.21. The molecule has 0 unspecified atom stereocenters. The van der Waals surface area contributed by atoms with Crippen LogP contribution in [-0.4, -0.2) is 17.6 Å². The molecule has 0 aliphatic carbocycles. The van der Waals surface area contributed by atoms with E-state index in [2.05, 4.69) is 0 Å². The van der Waals surface area contributed by atoms with E-state index in [4.69, 9.17) is 0 Å². The summed E-state index contributed by atoms with van der Waals surface area (Å²) >= 11 is 0. The van der Waals surface area contributed by atoms with Gasteiger partial charge in [0.15, 0.2) is 5.78 Å². The van der Waals surface area contributed by atoms with Crippen molar-refractivity contribution in [1.82, 2.24) is 0 Å². The number of nitrogens with zero attached hydrogens (tertiary/aromatic N) is 1. The first kappa shape index (κ1) is 13.0. The Balaban J connectivity index is 1.96. The van der Waals surface area contributed by atoms with Gasteiger partial charge in [-0.1, -0.05) is 42.5 Å². The molecule has 0 atom stereocenters. The van der Waals surface area contributed by atoms with Gasteiger partial charge in [-0.2, -0.15) is 0 Å². The number of hydrogen-bond donors (Lipinski definition) is 0. The molecule has 4 nitrogen and oxygen atoms in total. The zero-order valence-electron chi connectivity index (χ0n) is 11.0. The summed E-state index contributed by atoms with van der Waals surface area (Å²) < 4.78 is 0. The minimum Gasteiger partial charge on any atom is -0.289 e. The van der Waals surface area contributed by atoms with Gasteiger partial charge in [0.05, 0.1) is 5.69 Å². The van der Waals surface area contributed by atoms with Gasteiger partial charge in [-0.15, -0.1) is 0 Å². The first-order chi connectivity index (χ1) is 10.2. The Kier molecular flexibility index (Phi) is 3.20. The van der Waals surface area contributed by atoms with Crippen molar-refractivity contribution >= 4 is 23.3 Å². The lowest BCUT2D eigenvalue weighted by Gasteiger charge is -2.14. The standard InChI is InChI=1S/C17H11NO3/c19-15-9-10-16(20)18(15)14-8-4-7-13(11-14)17(21)12-5-2-1-3-6-12/h1-11H. The first-order valence-corrected chi connectivity index (χ1v) is 6.43. The van der Waals surface area contributed by atoms with E-state index < -0.39 is 11.8 Å². The minimum absolute atomic E-state index is 0.149. The monoisotopic (exact) mass is 277 g/mol. The summed E-state index contributed by atoms with van der Waals surface area (Å²) in [6.45, 7) is 0. The van der Waals surface area contributed by atoms with Gasteiger partial charge in [0.25, 0.3) is 11.8 Å². The molecular weight excluding hydrogens is 266 g/mol. The largest absolute Gasteiger partial charge is 0.289 e. The predicted molar refractivity (Wildman–Crippen MR) is 77.9 cm³/mol. The second-order valence-electron chi connectivity index (χ2n) is 4.59. The van der Waals surface area contributed by atoms with E-state index in [-0.39, 0.29) is 5.78 Å². The molecule has 3 rings (SSSR count). The van der Waals surface area contributed by atoms with Crippen molar-refractivity contribution in [2.45, 2.75) is 0 Å². The van der Waals surface area contributed by atoms with Crippen LogP contribution in [0.2, 0.25) is 0 Å². The fraction of sp³-hybridized carbons (Fsp3) is 0. The summed E-state index contributed by atoms with van der Waals surface area (Å²) in [7, 11) is 0. The highest BCUT2D eigenvalue weighted by atomic mass is 16.2. The molecule has 0 fully saturated rings. The van der Waals surface area contributed by atoms with E-state index in [1.165, 1.54) is 12.2 Å². The topological polar surface area (TPSA) is 54.5 Å². The summed E-state index contributed by atoms with van der Waals surface area (Å²) in [4.78, 5) is 36.8. The Morgan fingerprint density at radius 1 is 0.762 bits per heavy atom. The van der Waals surface area contributed by atoms with Gasteiger partial charge in [0.1, 0.15) is 0 Å². The molecule has 0 bridgehead atoms. The van der Waals surface area contributed by atoms with Crippen molar-refractivity contribution in [3.63, 3.8) is 0 Å². The highest BCUT2D eigenvalue weighted by Crippen LogP contribution is 2.21. The average Bonchev–Trinajstić information content (AvgIpc) is 2.86. The molecule has 1 aliphatic heterocycles. The number of amides is 2. The van der Waals surface area contributed by atoms with Gasteiger partial charge < -0.3 is 0 Å². The van der Waals surface area contributed by atoms with Gasteiger partial charge in [-0.3, -0.25) is 14.4 Å². The maximum absolute atomic E-state index is 12.4. The van der Waals surface area contributed by atoms with Gasteiger partial charge in [-0.25, -0.2) is 4.90 Å². The lowest BCUT2D eigenvalue weighted by molar-refractivity contribution is -0.119. The summed E-state index contributed by atoms with van der Waals surface area (Å²) in [5.41, 5.74) is 1.40. The predicted octanol–water partition coefficient (Wildman–Crippen LogP) is 2.35. The lowest BCUT2D eigenvalue weighted by Crippen LogP contribution is -2.29. The molecular formula is C17H11NO3. The molecule has 0 N–H and O–H groups in total. The fourth-order valence-electron chi connectivity index (χ4n) is 2.20. The molecule has 21 heavy (non-hydrogen) atoms. The number of anilines is 1. The van der Waals surface area contributed by atoms with Crippen LogP contribution in [0.1, 0.15) is 15.9 Å². The number of benzene rings is 2. The highest BCUT2D eigenvalue weighted by Gasteiger charge is 2.25. The minimum atomic E-state index is -0.399. The molecule has 0 radical (unpaired) electrons. The Morgan fingerprint density at radius 2 is 1.38 bits per heavy atom. The van der Waals surface area contributed by atoms with E-state index in [1.54, 1.807) is 48.5 Å².